The first-order chi connectivity index (χ1) is 9.50. The number of ether oxygens (including phenoxy) is 4. The summed E-state index contributed by atoms with van der Waals surface area (Å²) in [5, 5.41) is 18.1. The van der Waals surface area contributed by atoms with Gasteiger partial charge in [0.05, 0.1) is 13.2 Å². The van der Waals surface area contributed by atoms with E-state index in [0.717, 1.165) is 0 Å². The zero-order chi connectivity index (χ0) is 14.8. The lowest BCUT2D eigenvalue weighted by atomic mass is 10.1. The SMILES string of the molecule is COC1OC(CN(CCO)CCO)C2OC(C)(C)OC12. The van der Waals surface area contributed by atoms with E-state index < -0.39 is 12.1 Å². The minimum absolute atomic E-state index is 0.0391. The largest absolute Gasteiger partial charge is 0.395 e. The number of hydrogen-bond donors (Lipinski definition) is 2. The fraction of sp³-hybridized carbons (Fsp3) is 1.00. The van der Waals surface area contributed by atoms with Crippen molar-refractivity contribution in [2.24, 2.45) is 0 Å². The lowest BCUT2D eigenvalue weighted by molar-refractivity contribution is -0.228. The van der Waals surface area contributed by atoms with Gasteiger partial charge in [0.25, 0.3) is 0 Å². The number of hydrogen-bond acceptors (Lipinski definition) is 7. The molecule has 7 heteroatoms. The van der Waals surface area contributed by atoms with E-state index in [2.05, 4.69) is 0 Å². The molecule has 2 fully saturated rings. The Morgan fingerprint density at radius 1 is 1.10 bits per heavy atom. The van der Waals surface area contributed by atoms with Gasteiger partial charge in [0, 0.05) is 26.7 Å². The van der Waals surface area contributed by atoms with Gasteiger partial charge in [-0.2, -0.15) is 0 Å². The lowest BCUT2D eigenvalue weighted by Crippen LogP contribution is -2.42. The predicted molar refractivity (Wildman–Crippen MR) is 70.1 cm³/mol. The van der Waals surface area contributed by atoms with Gasteiger partial charge in [0.1, 0.15) is 18.3 Å². The van der Waals surface area contributed by atoms with Crippen LogP contribution in [-0.4, -0.2) is 85.5 Å². The Hall–Kier alpha value is -0.280. The Morgan fingerprint density at radius 2 is 1.70 bits per heavy atom. The number of nitrogens with zero attached hydrogens (tertiary/aromatic N) is 1. The molecule has 0 bridgehead atoms. The van der Waals surface area contributed by atoms with Crippen molar-refractivity contribution < 1.29 is 29.2 Å². The lowest BCUT2D eigenvalue weighted by Gasteiger charge is -2.27. The van der Waals surface area contributed by atoms with Crippen LogP contribution in [0, 0.1) is 0 Å². The molecule has 0 aromatic carbocycles. The van der Waals surface area contributed by atoms with Crippen LogP contribution >= 0.6 is 0 Å². The van der Waals surface area contributed by atoms with Crippen LogP contribution in [0.1, 0.15) is 13.8 Å². The predicted octanol–water partition coefficient (Wildman–Crippen LogP) is -0.836. The Bertz CT molecular complexity index is 307. The smallest absolute Gasteiger partial charge is 0.186 e. The Kier molecular flexibility index (Phi) is 5.36. The van der Waals surface area contributed by atoms with Gasteiger partial charge in [0.2, 0.25) is 0 Å². The fourth-order valence-electron chi connectivity index (χ4n) is 2.81. The fourth-order valence-corrected chi connectivity index (χ4v) is 2.81. The highest BCUT2D eigenvalue weighted by Gasteiger charge is 2.55. The van der Waals surface area contributed by atoms with Crippen molar-refractivity contribution in [1.82, 2.24) is 4.90 Å². The second-order valence-corrected chi connectivity index (χ2v) is 5.59. The van der Waals surface area contributed by atoms with E-state index in [-0.39, 0.29) is 31.5 Å². The summed E-state index contributed by atoms with van der Waals surface area (Å²) in [5.74, 6) is -0.646. The van der Waals surface area contributed by atoms with Crippen molar-refractivity contribution in [3.63, 3.8) is 0 Å². The van der Waals surface area contributed by atoms with E-state index in [4.69, 9.17) is 29.2 Å². The summed E-state index contributed by atoms with van der Waals surface area (Å²) < 4.78 is 22.8. The molecular weight excluding hydrogens is 266 g/mol. The van der Waals surface area contributed by atoms with Crippen LogP contribution in [0.4, 0.5) is 0 Å². The molecule has 2 saturated heterocycles. The van der Waals surface area contributed by atoms with Crippen LogP contribution in [0.2, 0.25) is 0 Å². The van der Waals surface area contributed by atoms with Crippen molar-refractivity contribution >= 4 is 0 Å². The molecule has 2 N–H and O–H groups in total. The quantitative estimate of drug-likeness (QED) is 0.633. The summed E-state index contributed by atoms with van der Waals surface area (Å²) in [7, 11) is 1.58. The first-order valence-corrected chi connectivity index (χ1v) is 6.98. The van der Waals surface area contributed by atoms with Gasteiger partial charge < -0.3 is 29.2 Å². The molecule has 118 valence electrons. The average molecular weight is 291 g/mol. The van der Waals surface area contributed by atoms with Gasteiger partial charge in [-0.25, -0.2) is 0 Å². The van der Waals surface area contributed by atoms with Crippen molar-refractivity contribution in [3.05, 3.63) is 0 Å². The van der Waals surface area contributed by atoms with E-state index in [1.54, 1.807) is 7.11 Å². The number of fused-ring (bicyclic) bond motifs is 1. The maximum Gasteiger partial charge on any atom is 0.186 e. The molecule has 0 aromatic heterocycles. The molecule has 2 rings (SSSR count). The molecule has 4 unspecified atom stereocenters. The second-order valence-electron chi connectivity index (χ2n) is 5.59. The van der Waals surface area contributed by atoms with E-state index in [1.807, 2.05) is 18.7 Å². The monoisotopic (exact) mass is 291 g/mol. The average Bonchev–Trinajstić information content (AvgIpc) is 2.84. The summed E-state index contributed by atoms with van der Waals surface area (Å²) >= 11 is 0. The molecule has 2 aliphatic rings. The summed E-state index contributed by atoms with van der Waals surface area (Å²) in [6.07, 6.45) is -1.10. The number of rotatable bonds is 7. The van der Waals surface area contributed by atoms with E-state index in [0.29, 0.717) is 19.6 Å². The molecule has 4 atom stereocenters. The molecule has 0 spiro atoms. The number of methoxy groups -OCH3 is 1. The summed E-state index contributed by atoms with van der Waals surface area (Å²) in [6, 6.07) is 0. The third-order valence-corrected chi connectivity index (χ3v) is 3.61. The summed E-state index contributed by atoms with van der Waals surface area (Å²) in [5.41, 5.74) is 0. The Labute approximate surface area is 119 Å². The highest BCUT2D eigenvalue weighted by molar-refractivity contribution is 4.96. The molecule has 0 aliphatic carbocycles. The first-order valence-electron chi connectivity index (χ1n) is 6.98. The molecule has 0 amide bonds. The van der Waals surface area contributed by atoms with Gasteiger partial charge in [0.15, 0.2) is 12.1 Å². The van der Waals surface area contributed by atoms with Gasteiger partial charge >= 0.3 is 0 Å². The highest BCUT2D eigenvalue weighted by Crippen LogP contribution is 2.39. The molecule has 20 heavy (non-hydrogen) atoms. The van der Waals surface area contributed by atoms with Crippen molar-refractivity contribution in [2.45, 2.75) is 44.2 Å². The molecular formula is C13H25NO6. The van der Waals surface area contributed by atoms with Gasteiger partial charge in [-0.05, 0) is 13.8 Å². The summed E-state index contributed by atoms with van der Waals surface area (Å²) in [6.45, 7) is 5.35. The molecule has 2 heterocycles. The zero-order valence-corrected chi connectivity index (χ0v) is 12.3. The maximum atomic E-state index is 9.06. The normalized spacial score (nSPS) is 35.7. The Morgan fingerprint density at radius 3 is 2.25 bits per heavy atom. The number of aliphatic hydroxyl groups is 2. The van der Waals surface area contributed by atoms with Crippen LogP contribution in [0.15, 0.2) is 0 Å². The highest BCUT2D eigenvalue weighted by atomic mass is 16.8. The zero-order valence-electron chi connectivity index (χ0n) is 12.3. The standard InChI is InChI=1S/C13H25NO6/c1-13(2)19-10-9(8-14(4-6-15)5-7-16)18-12(17-3)11(10)20-13/h9-12,15-16H,4-8H2,1-3H3. The molecule has 0 aromatic rings. The third kappa shape index (κ3) is 3.48. The summed E-state index contributed by atoms with van der Waals surface area (Å²) in [4.78, 5) is 1.94. The number of aliphatic hydroxyl groups excluding tert-OH is 2. The van der Waals surface area contributed by atoms with Gasteiger partial charge in [-0.1, -0.05) is 0 Å². The molecule has 0 saturated carbocycles. The van der Waals surface area contributed by atoms with Crippen molar-refractivity contribution in [3.8, 4) is 0 Å². The minimum atomic E-state index is -0.646. The van der Waals surface area contributed by atoms with Crippen LogP contribution < -0.4 is 0 Å². The first kappa shape index (κ1) is 16.1. The Balaban J connectivity index is 2.00. The van der Waals surface area contributed by atoms with E-state index in [9.17, 15) is 0 Å². The topological polar surface area (TPSA) is 80.6 Å². The van der Waals surface area contributed by atoms with Crippen molar-refractivity contribution in [2.75, 3.05) is 40.0 Å². The van der Waals surface area contributed by atoms with Crippen LogP contribution in [0.5, 0.6) is 0 Å². The van der Waals surface area contributed by atoms with Crippen LogP contribution in [0.3, 0.4) is 0 Å². The van der Waals surface area contributed by atoms with E-state index in [1.165, 1.54) is 0 Å². The maximum absolute atomic E-state index is 9.06. The molecule has 2 aliphatic heterocycles. The van der Waals surface area contributed by atoms with E-state index >= 15 is 0 Å². The van der Waals surface area contributed by atoms with Crippen LogP contribution in [-0.2, 0) is 18.9 Å². The van der Waals surface area contributed by atoms with Crippen molar-refractivity contribution in [1.29, 1.82) is 0 Å². The van der Waals surface area contributed by atoms with Crippen LogP contribution in [0.25, 0.3) is 0 Å². The molecule has 0 radical (unpaired) electrons. The minimum Gasteiger partial charge on any atom is -0.395 e. The van der Waals surface area contributed by atoms with Gasteiger partial charge in [-0.3, -0.25) is 4.90 Å². The second kappa shape index (κ2) is 6.65. The molecule has 7 nitrogen and oxygen atoms in total. The van der Waals surface area contributed by atoms with Gasteiger partial charge in [-0.15, -0.1) is 0 Å². The third-order valence-electron chi connectivity index (χ3n) is 3.61.